The first kappa shape index (κ1) is 11.2. The third kappa shape index (κ3) is 2.37. The summed E-state index contributed by atoms with van der Waals surface area (Å²) in [6, 6.07) is 8.68. The minimum Gasteiger partial charge on any atom is -0.463 e. The molecular formula is C13H10N4O2. The summed E-state index contributed by atoms with van der Waals surface area (Å²) >= 11 is 0. The fourth-order valence-electron chi connectivity index (χ4n) is 1.66. The van der Waals surface area contributed by atoms with Crippen LogP contribution in [0.25, 0.3) is 11.0 Å². The first-order valence-corrected chi connectivity index (χ1v) is 5.63. The number of hydrogen-bond donors (Lipinski definition) is 2. The molecule has 1 aromatic carbocycles. The van der Waals surface area contributed by atoms with E-state index in [4.69, 9.17) is 4.42 Å². The van der Waals surface area contributed by atoms with E-state index in [-0.39, 0.29) is 5.91 Å². The van der Waals surface area contributed by atoms with Crippen LogP contribution in [0.4, 0.5) is 0 Å². The predicted molar refractivity (Wildman–Crippen MR) is 69.9 cm³/mol. The first-order chi connectivity index (χ1) is 9.33. The Kier molecular flexibility index (Phi) is 2.82. The fraction of sp³-hybridized carbons (Fsp3) is 0. The van der Waals surface area contributed by atoms with Gasteiger partial charge in [-0.1, -0.05) is 0 Å². The van der Waals surface area contributed by atoms with E-state index in [1.54, 1.807) is 36.7 Å². The zero-order valence-electron chi connectivity index (χ0n) is 9.83. The Morgan fingerprint density at radius 3 is 3.21 bits per heavy atom. The van der Waals surface area contributed by atoms with Gasteiger partial charge in [0.05, 0.1) is 29.8 Å². The van der Waals surface area contributed by atoms with Crippen molar-refractivity contribution in [2.75, 3.05) is 0 Å². The second-order valence-corrected chi connectivity index (χ2v) is 3.85. The summed E-state index contributed by atoms with van der Waals surface area (Å²) in [7, 11) is 0. The Bertz CT molecular complexity index is 728. The van der Waals surface area contributed by atoms with E-state index in [2.05, 4.69) is 20.5 Å². The molecule has 94 valence electrons. The third-order valence-corrected chi connectivity index (χ3v) is 2.58. The van der Waals surface area contributed by atoms with Crippen LogP contribution in [0.2, 0.25) is 0 Å². The summed E-state index contributed by atoms with van der Waals surface area (Å²) in [4.78, 5) is 18.9. The van der Waals surface area contributed by atoms with Gasteiger partial charge >= 0.3 is 0 Å². The number of aromatic amines is 1. The van der Waals surface area contributed by atoms with Crippen molar-refractivity contribution in [3.63, 3.8) is 0 Å². The highest BCUT2D eigenvalue weighted by atomic mass is 16.3. The lowest BCUT2D eigenvalue weighted by Gasteiger charge is -1.99. The Labute approximate surface area is 108 Å². The van der Waals surface area contributed by atoms with Crippen LogP contribution < -0.4 is 5.43 Å². The largest absolute Gasteiger partial charge is 0.463 e. The lowest BCUT2D eigenvalue weighted by atomic mass is 10.2. The fourth-order valence-corrected chi connectivity index (χ4v) is 1.66. The molecular weight excluding hydrogens is 244 g/mol. The molecule has 0 atom stereocenters. The number of carbonyl (C=O) groups excluding carboxylic acids is 1. The summed E-state index contributed by atoms with van der Waals surface area (Å²) in [5, 5.41) is 3.81. The van der Waals surface area contributed by atoms with Gasteiger partial charge in [0.1, 0.15) is 5.76 Å². The molecule has 0 spiro atoms. The Hall–Kier alpha value is -2.89. The van der Waals surface area contributed by atoms with Gasteiger partial charge in [-0.3, -0.25) is 4.79 Å². The lowest BCUT2D eigenvalue weighted by molar-refractivity contribution is 0.0955. The monoisotopic (exact) mass is 254 g/mol. The molecule has 6 nitrogen and oxygen atoms in total. The second-order valence-electron chi connectivity index (χ2n) is 3.85. The quantitative estimate of drug-likeness (QED) is 0.553. The third-order valence-electron chi connectivity index (χ3n) is 2.58. The number of benzene rings is 1. The SMILES string of the molecule is O=C(N/N=C\c1ccco1)c1ccc2nc[nH]c2c1. The molecule has 2 N–H and O–H groups in total. The predicted octanol–water partition coefficient (Wildman–Crippen LogP) is 1.92. The molecule has 0 aliphatic heterocycles. The maximum atomic E-state index is 11.8. The van der Waals surface area contributed by atoms with Crippen molar-refractivity contribution < 1.29 is 9.21 Å². The molecule has 0 radical (unpaired) electrons. The van der Waals surface area contributed by atoms with E-state index < -0.39 is 0 Å². The van der Waals surface area contributed by atoms with Gasteiger partial charge in [0.15, 0.2) is 0 Å². The molecule has 1 amide bonds. The van der Waals surface area contributed by atoms with Gasteiger partial charge in [0.2, 0.25) is 0 Å². The number of imidazole rings is 1. The van der Waals surface area contributed by atoms with Crippen LogP contribution in [-0.2, 0) is 0 Å². The molecule has 6 heteroatoms. The number of nitrogens with zero attached hydrogens (tertiary/aromatic N) is 2. The molecule has 0 aliphatic carbocycles. The summed E-state index contributed by atoms with van der Waals surface area (Å²) in [5.41, 5.74) is 4.56. The molecule has 0 aliphatic rings. The summed E-state index contributed by atoms with van der Waals surface area (Å²) < 4.78 is 5.05. The maximum absolute atomic E-state index is 11.8. The van der Waals surface area contributed by atoms with Crippen molar-refractivity contribution in [1.29, 1.82) is 0 Å². The Morgan fingerprint density at radius 2 is 2.37 bits per heavy atom. The molecule has 0 unspecified atom stereocenters. The molecule has 0 bridgehead atoms. The summed E-state index contributed by atoms with van der Waals surface area (Å²) in [6.45, 7) is 0. The van der Waals surface area contributed by atoms with Crippen LogP contribution in [0.15, 0.2) is 52.4 Å². The van der Waals surface area contributed by atoms with Gasteiger partial charge in [0, 0.05) is 5.56 Å². The zero-order chi connectivity index (χ0) is 13.1. The number of nitrogens with one attached hydrogen (secondary N) is 2. The van der Waals surface area contributed by atoms with Crippen LogP contribution >= 0.6 is 0 Å². The summed E-state index contributed by atoms with van der Waals surface area (Å²) in [5.74, 6) is 0.281. The van der Waals surface area contributed by atoms with E-state index in [1.165, 1.54) is 12.5 Å². The smallest absolute Gasteiger partial charge is 0.271 e. The van der Waals surface area contributed by atoms with Gasteiger partial charge in [-0.05, 0) is 30.3 Å². The first-order valence-electron chi connectivity index (χ1n) is 5.63. The van der Waals surface area contributed by atoms with Gasteiger partial charge < -0.3 is 9.40 Å². The molecule has 0 saturated heterocycles. The number of hydrazone groups is 1. The van der Waals surface area contributed by atoms with Crippen molar-refractivity contribution in [3.05, 3.63) is 54.2 Å². The number of amides is 1. The molecule has 0 saturated carbocycles. The van der Waals surface area contributed by atoms with E-state index >= 15 is 0 Å². The second kappa shape index (κ2) is 4.77. The van der Waals surface area contributed by atoms with Crippen LogP contribution in [0, 0.1) is 0 Å². The Morgan fingerprint density at radius 1 is 1.42 bits per heavy atom. The molecule has 2 heterocycles. The minimum absolute atomic E-state index is 0.292. The number of hydrogen-bond acceptors (Lipinski definition) is 4. The minimum atomic E-state index is -0.292. The number of rotatable bonds is 3. The van der Waals surface area contributed by atoms with E-state index in [9.17, 15) is 4.79 Å². The van der Waals surface area contributed by atoms with Gasteiger partial charge in [0.25, 0.3) is 5.91 Å². The molecule has 3 aromatic rings. The molecule has 3 rings (SSSR count). The highest BCUT2D eigenvalue weighted by molar-refractivity contribution is 5.97. The zero-order valence-corrected chi connectivity index (χ0v) is 9.83. The van der Waals surface area contributed by atoms with E-state index in [0.29, 0.717) is 11.3 Å². The standard InChI is InChI=1S/C13H10N4O2/c18-13(17-16-7-10-2-1-5-19-10)9-3-4-11-12(6-9)15-8-14-11/h1-8H,(H,14,15)(H,17,18)/b16-7-. The van der Waals surface area contributed by atoms with Crippen LogP contribution in [-0.4, -0.2) is 22.1 Å². The van der Waals surface area contributed by atoms with E-state index in [1.807, 2.05) is 0 Å². The van der Waals surface area contributed by atoms with Gasteiger partial charge in [-0.25, -0.2) is 10.4 Å². The number of aromatic nitrogens is 2. The highest BCUT2D eigenvalue weighted by Gasteiger charge is 2.06. The van der Waals surface area contributed by atoms with Crippen molar-refractivity contribution in [2.45, 2.75) is 0 Å². The molecule has 2 aromatic heterocycles. The van der Waals surface area contributed by atoms with Gasteiger partial charge in [-0.15, -0.1) is 0 Å². The number of carbonyl (C=O) groups is 1. The average Bonchev–Trinajstić information content (AvgIpc) is 3.08. The normalized spacial score (nSPS) is 11.2. The number of fused-ring (bicyclic) bond motifs is 1. The van der Waals surface area contributed by atoms with Crippen molar-refractivity contribution in [2.24, 2.45) is 5.10 Å². The van der Waals surface area contributed by atoms with Crippen molar-refractivity contribution in [1.82, 2.24) is 15.4 Å². The van der Waals surface area contributed by atoms with Crippen LogP contribution in [0.5, 0.6) is 0 Å². The topological polar surface area (TPSA) is 83.3 Å². The molecule has 0 fully saturated rings. The van der Waals surface area contributed by atoms with Crippen LogP contribution in [0.1, 0.15) is 16.1 Å². The molecule has 19 heavy (non-hydrogen) atoms. The van der Waals surface area contributed by atoms with Gasteiger partial charge in [-0.2, -0.15) is 5.10 Å². The highest BCUT2D eigenvalue weighted by Crippen LogP contribution is 2.11. The van der Waals surface area contributed by atoms with Crippen molar-refractivity contribution in [3.8, 4) is 0 Å². The van der Waals surface area contributed by atoms with E-state index in [0.717, 1.165) is 11.0 Å². The maximum Gasteiger partial charge on any atom is 0.271 e. The Balaban J connectivity index is 1.72. The number of H-pyrrole nitrogens is 1. The summed E-state index contributed by atoms with van der Waals surface area (Å²) in [6.07, 6.45) is 4.56. The number of furan rings is 1. The van der Waals surface area contributed by atoms with Crippen LogP contribution in [0.3, 0.4) is 0 Å². The lowest BCUT2D eigenvalue weighted by Crippen LogP contribution is -2.17. The average molecular weight is 254 g/mol. The van der Waals surface area contributed by atoms with Crippen molar-refractivity contribution >= 4 is 23.2 Å².